The van der Waals surface area contributed by atoms with Crippen LogP contribution in [0.15, 0.2) is 18.2 Å². The maximum absolute atomic E-state index is 13.0. The SMILES string of the molecule is Cc1cc(C(F)(F)F)ccc1C(NN)C(F)(F)Cl. The molecule has 0 saturated heterocycles. The van der Waals surface area contributed by atoms with Gasteiger partial charge < -0.3 is 0 Å². The van der Waals surface area contributed by atoms with Gasteiger partial charge in [-0.05, 0) is 41.8 Å². The monoisotopic (exact) mass is 288 g/mol. The van der Waals surface area contributed by atoms with Gasteiger partial charge in [0.2, 0.25) is 0 Å². The number of halogens is 6. The normalized spacial score (nSPS) is 14.7. The van der Waals surface area contributed by atoms with Gasteiger partial charge in [0.05, 0.1) is 5.56 Å². The second kappa shape index (κ2) is 4.99. The second-order valence-electron chi connectivity index (χ2n) is 3.71. The summed E-state index contributed by atoms with van der Waals surface area (Å²) in [5.74, 6) is 4.95. The highest BCUT2D eigenvalue weighted by atomic mass is 35.5. The van der Waals surface area contributed by atoms with Crippen LogP contribution in [-0.2, 0) is 6.18 Å². The molecule has 1 aromatic rings. The highest BCUT2D eigenvalue weighted by Gasteiger charge is 2.39. The first kappa shape index (κ1) is 15.1. The average Bonchev–Trinajstić information content (AvgIpc) is 2.17. The molecular formula is C10H10ClF5N2. The highest BCUT2D eigenvalue weighted by molar-refractivity contribution is 6.22. The summed E-state index contributed by atoms with van der Waals surface area (Å²) in [7, 11) is 0. The summed E-state index contributed by atoms with van der Waals surface area (Å²) < 4.78 is 63.2. The lowest BCUT2D eigenvalue weighted by Gasteiger charge is -2.23. The van der Waals surface area contributed by atoms with E-state index in [0.29, 0.717) is 6.07 Å². The molecule has 0 saturated carbocycles. The minimum Gasteiger partial charge on any atom is -0.271 e. The molecule has 0 radical (unpaired) electrons. The number of hydrogen-bond acceptors (Lipinski definition) is 2. The molecule has 2 nitrogen and oxygen atoms in total. The van der Waals surface area contributed by atoms with Crippen molar-refractivity contribution >= 4 is 11.6 Å². The summed E-state index contributed by atoms with van der Waals surface area (Å²) in [5, 5.41) is -3.71. The second-order valence-corrected chi connectivity index (χ2v) is 4.21. The Bertz CT molecular complexity index is 427. The molecule has 0 aliphatic rings. The first-order chi connectivity index (χ1) is 8.07. The van der Waals surface area contributed by atoms with Gasteiger partial charge in [0, 0.05) is 0 Å². The molecule has 0 fully saturated rings. The van der Waals surface area contributed by atoms with Crippen LogP contribution < -0.4 is 11.3 Å². The number of benzene rings is 1. The quantitative estimate of drug-likeness (QED) is 0.387. The van der Waals surface area contributed by atoms with E-state index in [1.165, 1.54) is 6.92 Å². The van der Waals surface area contributed by atoms with Crippen molar-refractivity contribution in [3.8, 4) is 0 Å². The van der Waals surface area contributed by atoms with E-state index >= 15 is 0 Å². The van der Waals surface area contributed by atoms with E-state index < -0.39 is 23.2 Å². The van der Waals surface area contributed by atoms with E-state index in [2.05, 4.69) is 0 Å². The number of nitrogens with two attached hydrogens (primary N) is 1. The van der Waals surface area contributed by atoms with Crippen LogP contribution in [0.1, 0.15) is 22.7 Å². The highest BCUT2D eigenvalue weighted by Crippen LogP contribution is 2.37. The van der Waals surface area contributed by atoms with Crippen LogP contribution in [0.3, 0.4) is 0 Å². The van der Waals surface area contributed by atoms with Gasteiger partial charge in [-0.1, -0.05) is 6.07 Å². The van der Waals surface area contributed by atoms with E-state index in [4.69, 9.17) is 17.4 Å². The van der Waals surface area contributed by atoms with Crippen LogP contribution in [-0.4, -0.2) is 5.38 Å². The summed E-state index contributed by atoms with van der Waals surface area (Å²) in [4.78, 5) is 0. The fourth-order valence-corrected chi connectivity index (χ4v) is 1.72. The molecule has 0 heterocycles. The van der Waals surface area contributed by atoms with Gasteiger partial charge in [-0.25, -0.2) is 5.43 Å². The van der Waals surface area contributed by atoms with Crippen LogP contribution in [0, 0.1) is 6.92 Å². The molecule has 102 valence electrons. The maximum Gasteiger partial charge on any atom is 0.416 e. The van der Waals surface area contributed by atoms with Crippen LogP contribution in [0.5, 0.6) is 0 Å². The standard InChI is InChI=1S/C10H10ClF5N2/c1-5-4-6(10(14,15)16)2-3-7(5)8(18-17)9(11,12)13/h2-4,8,18H,17H2,1H3. The van der Waals surface area contributed by atoms with E-state index in [1.54, 1.807) is 5.43 Å². The van der Waals surface area contributed by atoms with E-state index in [0.717, 1.165) is 12.1 Å². The van der Waals surface area contributed by atoms with E-state index in [1.807, 2.05) is 0 Å². The third kappa shape index (κ3) is 3.30. The Kier molecular flexibility index (Phi) is 4.19. The number of hydrazine groups is 1. The largest absolute Gasteiger partial charge is 0.416 e. The number of hydrogen-bond donors (Lipinski definition) is 2. The van der Waals surface area contributed by atoms with Gasteiger partial charge in [0.1, 0.15) is 6.04 Å². The van der Waals surface area contributed by atoms with Crippen molar-refractivity contribution in [1.82, 2.24) is 5.43 Å². The van der Waals surface area contributed by atoms with Gasteiger partial charge >= 0.3 is 11.6 Å². The molecule has 1 unspecified atom stereocenters. The third-order valence-corrected chi connectivity index (χ3v) is 2.62. The topological polar surface area (TPSA) is 38.0 Å². The molecule has 0 aliphatic carbocycles. The summed E-state index contributed by atoms with van der Waals surface area (Å²) >= 11 is 4.84. The average molecular weight is 289 g/mol. The first-order valence-corrected chi connectivity index (χ1v) is 5.15. The molecule has 0 spiro atoms. The van der Waals surface area contributed by atoms with Crippen LogP contribution in [0.2, 0.25) is 0 Å². The molecule has 0 amide bonds. The fourth-order valence-electron chi connectivity index (χ4n) is 1.54. The smallest absolute Gasteiger partial charge is 0.271 e. The Morgan fingerprint density at radius 1 is 1.22 bits per heavy atom. The molecule has 0 bridgehead atoms. The molecule has 18 heavy (non-hydrogen) atoms. The number of aryl methyl sites for hydroxylation is 1. The molecule has 8 heteroatoms. The minimum absolute atomic E-state index is 0.0214. The van der Waals surface area contributed by atoms with Crippen molar-refractivity contribution in [1.29, 1.82) is 0 Å². The summed E-state index contributed by atoms with van der Waals surface area (Å²) in [6, 6.07) is 0.637. The molecule has 1 aromatic carbocycles. The molecule has 1 atom stereocenters. The minimum atomic E-state index is -4.53. The molecule has 0 aromatic heterocycles. The van der Waals surface area contributed by atoms with Crippen LogP contribution in [0.4, 0.5) is 22.0 Å². The predicted octanol–water partition coefficient (Wildman–Crippen LogP) is 3.35. The van der Waals surface area contributed by atoms with Crippen molar-refractivity contribution < 1.29 is 22.0 Å². The number of rotatable bonds is 3. The van der Waals surface area contributed by atoms with Crippen molar-refractivity contribution in [2.45, 2.75) is 24.5 Å². The Morgan fingerprint density at radius 3 is 2.11 bits per heavy atom. The Balaban J connectivity index is 3.21. The lowest BCUT2D eigenvalue weighted by Crippen LogP contribution is -2.38. The first-order valence-electron chi connectivity index (χ1n) is 4.78. The predicted molar refractivity (Wildman–Crippen MR) is 57.0 cm³/mol. The van der Waals surface area contributed by atoms with Gasteiger partial charge in [0.15, 0.2) is 0 Å². The van der Waals surface area contributed by atoms with Crippen molar-refractivity contribution in [2.24, 2.45) is 5.84 Å². The molecular weight excluding hydrogens is 279 g/mol. The van der Waals surface area contributed by atoms with Crippen molar-refractivity contribution in [3.63, 3.8) is 0 Å². The van der Waals surface area contributed by atoms with Gasteiger partial charge in [-0.2, -0.15) is 22.0 Å². The summed E-state index contributed by atoms with van der Waals surface area (Å²) in [6.07, 6.45) is -4.53. The fraction of sp³-hybridized carbons (Fsp3) is 0.400. The van der Waals surface area contributed by atoms with Gasteiger partial charge in [0.25, 0.3) is 0 Å². The maximum atomic E-state index is 13.0. The van der Waals surface area contributed by atoms with E-state index in [9.17, 15) is 22.0 Å². The summed E-state index contributed by atoms with van der Waals surface area (Å²) in [5.41, 5.74) is 0.804. The molecule has 1 rings (SSSR count). The number of nitrogens with one attached hydrogen (secondary N) is 1. The Hall–Kier alpha value is -0.920. The Morgan fingerprint density at radius 2 is 1.78 bits per heavy atom. The van der Waals surface area contributed by atoms with Gasteiger partial charge in [-0.15, -0.1) is 0 Å². The third-order valence-electron chi connectivity index (χ3n) is 2.40. The Labute approximate surface area is 105 Å². The van der Waals surface area contributed by atoms with Crippen molar-refractivity contribution in [2.75, 3.05) is 0 Å². The van der Waals surface area contributed by atoms with Crippen LogP contribution >= 0.6 is 11.6 Å². The van der Waals surface area contributed by atoms with Gasteiger partial charge in [-0.3, -0.25) is 5.84 Å². The lowest BCUT2D eigenvalue weighted by molar-refractivity contribution is -0.137. The summed E-state index contributed by atoms with van der Waals surface area (Å²) in [6.45, 7) is 1.28. The van der Waals surface area contributed by atoms with Crippen LogP contribution in [0.25, 0.3) is 0 Å². The zero-order chi connectivity index (χ0) is 14.1. The molecule has 3 N–H and O–H groups in total. The zero-order valence-corrected chi connectivity index (χ0v) is 9.91. The van der Waals surface area contributed by atoms with E-state index in [-0.39, 0.29) is 11.1 Å². The number of alkyl halides is 6. The molecule has 0 aliphatic heterocycles. The lowest BCUT2D eigenvalue weighted by atomic mass is 9.99. The zero-order valence-electron chi connectivity index (χ0n) is 9.15. The van der Waals surface area contributed by atoms with Crippen molar-refractivity contribution in [3.05, 3.63) is 34.9 Å².